The number of aromatic nitrogens is 3. The Labute approximate surface area is 150 Å². The molecule has 7 heteroatoms. The first-order chi connectivity index (χ1) is 12.2. The summed E-state index contributed by atoms with van der Waals surface area (Å²) in [7, 11) is 0. The second kappa shape index (κ2) is 6.37. The van der Waals surface area contributed by atoms with Crippen LogP contribution in [0.1, 0.15) is 30.1 Å². The number of amides is 1. The molecule has 4 rings (SSSR count). The number of nitrogens with zero attached hydrogens (tertiary/aromatic N) is 3. The molecule has 0 saturated heterocycles. The summed E-state index contributed by atoms with van der Waals surface area (Å²) in [5.41, 5.74) is 3.05. The van der Waals surface area contributed by atoms with Crippen LogP contribution in [0.2, 0.25) is 5.02 Å². The molecule has 1 saturated carbocycles. The third-order valence-electron chi connectivity index (χ3n) is 4.19. The lowest BCUT2D eigenvalue weighted by Gasteiger charge is -2.09. The van der Waals surface area contributed by atoms with Gasteiger partial charge in [-0.1, -0.05) is 17.7 Å². The van der Waals surface area contributed by atoms with Crippen LogP contribution < -0.4 is 10.6 Å². The molecule has 25 heavy (non-hydrogen) atoms. The number of carbonyl (C=O) groups excluding carboxylic acids is 1. The van der Waals surface area contributed by atoms with Gasteiger partial charge in [-0.2, -0.15) is 0 Å². The first-order valence-electron chi connectivity index (χ1n) is 8.34. The predicted octanol–water partition coefficient (Wildman–Crippen LogP) is 3.37. The molecule has 2 N–H and O–H groups in total. The van der Waals surface area contributed by atoms with Crippen molar-refractivity contribution in [2.75, 3.05) is 11.9 Å². The second-order valence-electron chi connectivity index (χ2n) is 6.09. The third-order valence-corrected chi connectivity index (χ3v) is 4.51. The minimum absolute atomic E-state index is 0.115. The van der Waals surface area contributed by atoms with Gasteiger partial charge in [0.1, 0.15) is 0 Å². The molecule has 2 aromatic heterocycles. The molecule has 1 aliphatic carbocycles. The van der Waals surface area contributed by atoms with Gasteiger partial charge in [-0.3, -0.25) is 9.20 Å². The maximum Gasteiger partial charge on any atom is 0.253 e. The Morgan fingerprint density at radius 3 is 2.92 bits per heavy atom. The van der Waals surface area contributed by atoms with E-state index in [4.69, 9.17) is 11.6 Å². The van der Waals surface area contributed by atoms with Crippen molar-refractivity contribution < 1.29 is 4.79 Å². The maximum atomic E-state index is 12.2. The number of carbonyl (C=O) groups is 1. The van der Waals surface area contributed by atoms with Crippen LogP contribution in [0.5, 0.6) is 0 Å². The molecule has 0 bridgehead atoms. The van der Waals surface area contributed by atoms with E-state index >= 15 is 0 Å². The van der Waals surface area contributed by atoms with E-state index in [0.717, 1.165) is 42.1 Å². The van der Waals surface area contributed by atoms with E-state index in [2.05, 4.69) is 20.6 Å². The highest BCUT2D eigenvalue weighted by Gasteiger charge is 2.24. The summed E-state index contributed by atoms with van der Waals surface area (Å²) in [6.07, 6.45) is 7.47. The van der Waals surface area contributed by atoms with Gasteiger partial charge in [-0.15, -0.1) is 0 Å². The second-order valence-corrected chi connectivity index (χ2v) is 6.49. The number of benzene rings is 1. The van der Waals surface area contributed by atoms with Gasteiger partial charge >= 0.3 is 0 Å². The molecule has 3 aromatic rings. The molecule has 1 aromatic carbocycles. The Kier molecular flexibility index (Phi) is 4.05. The van der Waals surface area contributed by atoms with Crippen LogP contribution in [0.25, 0.3) is 16.9 Å². The molecule has 0 atom stereocenters. The van der Waals surface area contributed by atoms with Gasteiger partial charge in [0, 0.05) is 30.5 Å². The van der Waals surface area contributed by atoms with E-state index in [0.29, 0.717) is 16.6 Å². The molecule has 0 unspecified atom stereocenters. The van der Waals surface area contributed by atoms with Gasteiger partial charge in [0.15, 0.2) is 11.5 Å². The highest BCUT2D eigenvalue weighted by molar-refractivity contribution is 6.34. The minimum Gasteiger partial charge on any atom is -0.367 e. The Morgan fingerprint density at radius 2 is 2.20 bits per heavy atom. The van der Waals surface area contributed by atoms with Crippen LogP contribution in [0.4, 0.5) is 5.82 Å². The van der Waals surface area contributed by atoms with E-state index in [1.165, 1.54) is 0 Å². The molecule has 1 amide bonds. The topological polar surface area (TPSA) is 71.3 Å². The highest BCUT2D eigenvalue weighted by atomic mass is 35.5. The van der Waals surface area contributed by atoms with Gasteiger partial charge in [0.25, 0.3) is 5.91 Å². The normalized spacial score (nSPS) is 13.8. The van der Waals surface area contributed by atoms with Crippen LogP contribution in [0, 0.1) is 0 Å². The summed E-state index contributed by atoms with van der Waals surface area (Å²) in [4.78, 5) is 21.0. The number of nitrogens with one attached hydrogen (secondary N) is 2. The van der Waals surface area contributed by atoms with Crippen LogP contribution in [-0.4, -0.2) is 32.9 Å². The molecular weight excluding hydrogens is 338 g/mol. The van der Waals surface area contributed by atoms with Gasteiger partial charge in [0.05, 0.1) is 22.5 Å². The lowest BCUT2D eigenvalue weighted by atomic mass is 10.1. The third kappa shape index (κ3) is 3.05. The lowest BCUT2D eigenvalue weighted by Crippen LogP contribution is -2.25. The molecule has 2 heterocycles. The Balaban J connectivity index is 1.70. The molecule has 6 nitrogen and oxygen atoms in total. The Morgan fingerprint density at radius 1 is 1.36 bits per heavy atom. The molecule has 0 radical (unpaired) electrons. The van der Waals surface area contributed by atoms with E-state index in [9.17, 15) is 4.79 Å². The number of rotatable bonds is 5. The van der Waals surface area contributed by atoms with Gasteiger partial charge in [-0.25, -0.2) is 9.97 Å². The van der Waals surface area contributed by atoms with Crippen molar-refractivity contribution in [3.63, 3.8) is 0 Å². The largest absolute Gasteiger partial charge is 0.367 e. The molecular formula is C18H18ClN5O. The summed E-state index contributed by atoms with van der Waals surface area (Å²) < 4.78 is 1.96. The van der Waals surface area contributed by atoms with E-state index in [1.54, 1.807) is 24.5 Å². The minimum atomic E-state index is -0.115. The molecule has 1 aliphatic rings. The predicted molar refractivity (Wildman–Crippen MR) is 98.1 cm³/mol. The number of hydrogen-bond acceptors (Lipinski definition) is 4. The molecule has 0 aliphatic heterocycles. The van der Waals surface area contributed by atoms with Gasteiger partial charge in [-0.05, 0) is 31.9 Å². The van der Waals surface area contributed by atoms with Gasteiger partial charge in [0.2, 0.25) is 0 Å². The zero-order chi connectivity index (χ0) is 17.4. The van der Waals surface area contributed by atoms with Crippen molar-refractivity contribution >= 4 is 29.0 Å². The summed E-state index contributed by atoms with van der Waals surface area (Å²) in [6.45, 7) is 2.78. The van der Waals surface area contributed by atoms with Crippen LogP contribution in [-0.2, 0) is 0 Å². The standard InChI is InChI=1S/C18H18ClN5O/c1-2-20-16-17-22-10-15(24(17)8-7-21-16)11-3-6-13(14(19)9-11)18(25)23-12-4-5-12/h3,6-10,12H,2,4-5H2,1H3,(H,20,21)(H,23,25). The quantitative estimate of drug-likeness (QED) is 0.736. The summed E-state index contributed by atoms with van der Waals surface area (Å²) in [6, 6.07) is 5.77. The number of imidazole rings is 1. The van der Waals surface area contributed by atoms with Crippen LogP contribution in [0.3, 0.4) is 0 Å². The maximum absolute atomic E-state index is 12.2. The van der Waals surface area contributed by atoms with E-state index in [-0.39, 0.29) is 5.91 Å². The average molecular weight is 356 g/mol. The highest BCUT2D eigenvalue weighted by Crippen LogP contribution is 2.28. The fourth-order valence-corrected chi connectivity index (χ4v) is 3.04. The number of halogens is 1. The zero-order valence-electron chi connectivity index (χ0n) is 13.8. The number of anilines is 1. The van der Waals surface area contributed by atoms with E-state index in [1.807, 2.05) is 23.6 Å². The van der Waals surface area contributed by atoms with Gasteiger partial charge < -0.3 is 10.6 Å². The molecule has 1 fully saturated rings. The van der Waals surface area contributed by atoms with Crippen LogP contribution >= 0.6 is 11.6 Å². The van der Waals surface area contributed by atoms with Crippen molar-refractivity contribution in [1.29, 1.82) is 0 Å². The zero-order valence-corrected chi connectivity index (χ0v) is 14.5. The average Bonchev–Trinajstić information content (AvgIpc) is 3.30. The summed E-state index contributed by atoms with van der Waals surface area (Å²) >= 11 is 6.36. The van der Waals surface area contributed by atoms with Crippen molar-refractivity contribution in [2.45, 2.75) is 25.8 Å². The Bertz CT molecular complexity index is 948. The van der Waals surface area contributed by atoms with E-state index < -0.39 is 0 Å². The first kappa shape index (κ1) is 15.9. The Hall–Kier alpha value is -2.60. The fraction of sp³-hybridized carbons (Fsp3) is 0.278. The number of hydrogen-bond donors (Lipinski definition) is 2. The van der Waals surface area contributed by atoms with Crippen molar-refractivity contribution in [3.05, 3.63) is 47.4 Å². The monoisotopic (exact) mass is 355 g/mol. The lowest BCUT2D eigenvalue weighted by molar-refractivity contribution is 0.0951. The smallest absolute Gasteiger partial charge is 0.253 e. The molecule has 128 valence electrons. The van der Waals surface area contributed by atoms with Crippen molar-refractivity contribution in [1.82, 2.24) is 19.7 Å². The summed E-state index contributed by atoms with van der Waals surface area (Å²) in [5, 5.41) is 6.60. The van der Waals surface area contributed by atoms with Crippen LogP contribution in [0.15, 0.2) is 36.8 Å². The van der Waals surface area contributed by atoms with Crippen molar-refractivity contribution in [2.24, 2.45) is 0 Å². The first-order valence-corrected chi connectivity index (χ1v) is 8.72. The summed E-state index contributed by atoms with van der Waals surface area (Å²) in [5.74, 6) is 0.624. The fourth-order valence-electron chi connectivity index (χ4n) is 2.77. The molecule has 0 spiro atoms. The number of fused-ring (bicyclic) bond motifs is 1. The SMILES string of the molecule is CCNc1nccn2c(-c3ccc(C(=O)NC4CC4)c(Cl)c3)cnc12. The van der Waals surface area contributed by atoms with Crippen molar-refractivity contribution in [3.8, 4) is 11.3 Å².